The first kappa shape index (κ1) is 17.7. The average molecular weight is 362 g/mol. The number of para-hydroxylation sites is 1. The van der Waals surface area contributed by atoms with Gasteiger partial charge in [0.2, 0.25) is 0 Å². The minimum atomic E-state index is -0.711. The molecule has 2 heterocycles. The molecule has 0 aliphatic carbocycles. The van der Waals surface area contributed by atoms with Gasteiger partial charge in [0, 0.05) is 7.05 Å². The van der Waals surface area contributed by atoms with Gasteiger partial charge >= 0.3 is 11.9 Å². The Bertz CT molecular complexity index is 802. The van der Waals surface area contributed by atoms with Crippen molar-refractivity contribution in [3.8, 4) is 5.75 Å². The van der Waals surface area contributed by atoms with Crippen LogP contribution < -0.4 is 14.5 Å². The summed E-state index contributed by atoms with van der Waals surface area (Å²) in [4.78, 5) is 39.5. The van der Waals surface area contributed by atoms with E-state index in [0.717, 1.165) is 0 Å². The number of carbonyl (C=O) groups excluding carboxylic acids is 3. The van der Waals surface area contributed by atoms with E-state index in [0.29, 0.717) is 17.1 Å². The summed E-state index contributed by atoms with van der Waals surface area (Å²) in [6.45, 7) is -0.173. The first-order valence-electron chi connectivity index (χ1n) is 7.77. The third-order valence-corrected chi connectivity index (χ3v) is 4.16. The molecule has 0 N–H and O–H groups in total. The summed E-state index contributed by atoms with van der Waals surface area (Å²) in [6.07, 6.45) is 0. The highest BCUT2D eigenvalue weighted by Gasteiger charge is 2.36. The molecule has 0 unspecified atom stereocenters. The fourth-order valence-corrected chi connectivity index (χ4v) is 2.88. The second-order valence-corrected chi connectivity index (χ2v) is 5.58. The summed E-state index contributed by atoms with van der Waals surface area (Å²) in [7, 11) is 4.05. The van der Waals surface area contributed by atoms with E-state index < -0.39 is 11.9 Å². The standard InChI is InChI=1S/C17H18N2O7/c1-18-13(20)8-26-12-6-4-5-11(15(12)18)19-9-25-7-10(16(21)23-2)14(19)17(22)24-3/h4-6H,7-9H2,1-3H3. The molecule has 0 radical (unpaired) electrons. The molecule has 0 aromatic heterocycles. The zero-order valence-corrected chi connectivity index (χ0v) is 14.6. The van der Waals surface area contributed by atoms with Crippen LogP contribution in [0.4, 0.5) is 11.4 Å². The van der Waals surface area contributed by atoms with Gasteiger partial charge in [0.1, 0.15) is 23.9 Å². The highest BCUT2D eigenvalue weighted by atomic mass is 16.5. The average Bonchev–Trinajstić information content (AvgIpc) is 2.68. The molecule has 26 heavy (non-hydrogen) atoms. The number of anilines is 2. The Morgan fingerprint density at radius 2 is 1.85 bits per heavy atom. The van der Waals surface area contributed by atoms with Crippen LogP contribution in [0, 0.1) is 0 Å². The van der Waals surface area contributed by atoms with Gasteiger partial charge in [-0.1, -0.05) is 6.07 Å². The van der Waals surface area contributed by atoms with E-state index in [-0.39, 0.29) is 37.1 Å². The number of fused-ring (bicyclic) bond motifs is 1. The molecule has 9 nitrogen and oxygen atoms in total. The van der Waals surface area contributed by atoms with Gasteiger partial charge in [-0.25, -0.2) is 9.59 Å². The maximum atomic E-state index is 12.4. The molecule has 1 aromatic rings. The van der Waals surface area contributed by atoms with Crippen LogP contribution in [0.5, 0.6) is 5.75 Å². The van der Waals surface area contributed by atoms with Gasteiger partial charge in [-0.05, 0) is 12.1 Å². The predicted octanol–water partition coefficient (Wildman–Crippen LogP) is 0.436. The Labute approximate surface area is 149 Å². The molecule has 2 aliphatic heterocycles. The van der Waals surface area contributed by atoms with Gasteiger partial charge in [0.05, 0.1) is 32.1 Å². The van der Waals surface area contributed by atoms with Gasteiger partial charge in [0.25, 0.3) is 5.91 Å². The summed E-state index contributed by atoms with van der Waals surface area (Å²) in [6, 6.07) is 5.14. The van der Waals surface area contributed by atoms with E-state index in [9.17, 15) is 14.4 Å². The van der Waals surface area contributed by atoms with Crippen molar-refractivity contribution in [1.29, 1.82) is 0 Å². The third kappa shape index (κ3) is 2.86. The normalized spacial score (nSPS) is 16.8. The van der Waals surface area contributed by atoms with Gasteiger partial charge in [-0.2, -0.15) is 0 Å². The summed E-state index contributed by atoms with van der Waals surface area (Å²) in [5, 5.41) is 0. The molecule has 0 saturated heterocycles. The van der Waals surface area contributed by atoms with Crippen LogP contribution >= 0.6 is 0 Å². The summed E-state index contributed by atoms with van der Waals surface area (Å²) in [5.74, 6) is -1.16. The Kier molecular flexibility index (Phi) is 4.81. The number of rotatable bonds is 3. The second-order valence-electron chi connectivity index (χ2n) is 5.58. The molecule has 1 amide bonds. The smallest absolute Gasteiger partial charge is 0.355 e. The Balaban J connectivity index is 2.18. The molecule has 1 aromatic carbocycles. The van der Waals surface area contributed by atoms with E-state index in [1.165, 1.54) is 24.0 Å². The lowest BCUT2D eigenvalue weighted by molar-refractivity contribution is -0.140. The SMILES string of the molecule is COC(=O)C1=C(C(=O)OC)N(c2cccc3c2N(C)C(=O)CO3)COC1. The zero-order chi connectivity index (χ0) is 18.8. The predicted molar refractivity (Wildman–Crippen MR) is 89.7 cm³/mol. The monoisotopic (exact) mass is 362 g/mol. The molecule has 0 saturated carbocycles. The van der Waals surface area contributed by atoms with Crippen molar-refractivity contribution >= 4 is 29.2 Å². The minimum Gasteiger partial charge on any atom is -0.481 e. The van der Waals surface area contributed by atoms with E-state index in [1.807, 2.05) is 0 Å². The van der Waals surface area contributed by atoms with Crippen LogP contribution in [0.3, 0.4) is 0 Å². The van der Waals surface area contributed by atoms with Crippen molar-refractivity contribution in [3.63, 3.8) is 0 Å². The van der Waals surface area contributed by atoms with E-state index >= 15 is 0 Å². The number of ether oxygens (including phenoxy) is 4. The van der Waals surface area contributed by atoms with Crippen LogP contribution in [0.2, 0.25) is 0 Å². The van der Waals surface area contributed by atoms with Crippen LogP contribution in [0.1, 0.15) is 0 Å². The molecular weight excluding hydrogens is 344 g/mol. The number of amides is 1. The van der Waals surface area contributed by atoms with Crippen molar-refractivity contribution < 1.29 is 33.3 Å². The van der Waals surface area contributed by atoms with Crippen molar-refractivity contribution in [2.24, 2.45) is 0 Å². The van der Waals surface area contributed by atoms with Crippen LogP contribution in [-0.4, -0.2) is 59.1 Å². The Hall–Kier alpha value is -3.07. The van der Waals surface area contributed by atoms with Crippen molar-refractivity contribution in [2.75, 3.05) is 51.0 Å². The molecule has 0 fully saturated rings. The summed E-state index contributed by atoms with van der Waals surface area (Å²) >= 11 is 0. The quantitative estimate of drug-likeness (QED) is 0.715. The number of hydrogen-bond donors (Lipinski definition) is 0. The molecule has 138 valence electrons. The third-order valence-electron chi connectivity index (χ3n) is 4.16. The first-order valence-corrected chi connectivity index (χ1v) is 7.77. The van der Waals surface area contributed by atoms with Crippen LogP contribution in [-0.2, 0) is 28.6 Å². The minimum absolute atomic E-state index is 0.00502. The van der Waals surface area contributed by atoms with Gasteiger partial charge in [0.15, 0.2) is 6.61 Å². The molecule has 2 aliphatic rings. The Morgan fingerprint density at radius 1 is 1.12 bits per heavy atom. The topological polar surface area (TPSA) is 94.6 Å². The molecule has 9 heteroatoms. The first-order chi connectivity index (χ1) is 12.5. The molecule has 0 bridgehead atoms. The van der Waals surface area contributed by atoms with Gasteiger partial charge < -0.3 is 28.7 Å². The maximum absolute atomic E-state index is 12.4. The zero-order valence-electron chi connectivity index (χ0n) is 14.6. The highest BCUT2D eigenvalue weighted by Crippen LogP contribution is 2.42. The van der Waals surface area contributed by atoms with Gasteiger partial charge in [-0.3, -0.25) is 4.79 Å². The second kappa shape index (κ2) is 7.04. The molecule has 3 rings (SSSR count). The lowest BCUT2D eigenvalue weighted by Crippen LogP contribution is -2.41. The summed E-state index contributed by atoms with van der Waals surface area (Å²) < 4.78 is 20.5. The number of esters is 2. The summed E-state index contributed by atoms with van der Waals surface area (Å²) in [5.41, 5.74) is 0.985. The largest absolute Gasteiger partial charge is 0.481 e. The number of hydrogen-bond acceptors (Lipinski definition) is 8. The van der Waals surface area contributed by atoms with Crippen molar-refractivity contribution in [1.82, 2.24) is 0 Å². The van der Waals surface area contributed by atoms with E-state index in [4.69, 9.17) is 18.9 Å². The van der Waals surface area contributed by atoms with Gasteiger partial charge in [-0.15, -0.1) is 0 Å². The number of methoxy groups -OCH3 is 2. The maximum Gasteiger partial charge on any atom is 0.355 e. The fraction of sp³-hybridized carbons (Fsp3) is 0.353. The lowest BCUT2D eigenvalue weighted by atomic mass is 10.1. The van der Waals surface area contributed by atoms with Crippen molar-refractivity contribution in [2.45, 2.75) is 0 Å². The number of nitrogens with zero attached hydrogens (tertiary/aromatic N) is 2. The van der Waals surface area contributed by atoms with Crippen LogP contribution in [0.15, 0.2) is 29.5 Å². The lowest BCUT2D eigenvalue weighted by Gasteiger charge is -2.36. The molecular formula is C17H18N2O7. The van der Waals surface area contributed by atoms with E-state index in [2.05, 4.69) is 0 Å². The van der Waals surface area contributed by atoms with E-state index in [1.54, 1.807) is 25.2 Å². The number of likely N-dealkylation sites (N-methyl/N-ethyl adjacent to an activating group) is 1. The number of carbonyl (C=O) groups is 3. The highest BCUT2D eigenvalue weighted by molar-refractivity contribution is 6.06. The van der Waals surface area contributed by atoms with Crippen LogP contribution in [0.25, 0.3) is 0 Å². The molecule has 0 atom stereocenters. The molecule has 0 spiro atoms. The fourth-order valence-electron chi connectivity index (χ4n) is 2.88. The Morgan fingerprint density at radius 3 is 2.54 bits per heavy atom. The van der Waals surface area contributed by atoms with Crippen molar-refractivity contribution in [3.05, 3.63) is 29.5 Å². The number of benzene rings is 1.